The number of piperidine rings is 2. The second-order valence-electron chi connectivity index (χ2n) is 9.52. The first-order valence-electron chi connectivity index (χ1n) is 11.6. The first-order valence-corrected chi connectivity index (χ1v) is 13.5. The van der Waals surface area contributed by atoms with Crippen LogP contribution in [0, 0.1) is 5.92 Å². The number of nitrogens with zero attached hydrogens (tertiary/aromatic N) is 5. The van der Waals surface area contributed by atoms with Crippen LogP contribution >= 0.6 is 0 Å². The van der Waals surface area contributed by atoms with Crippen molar-refractivity contribution in [3.05, 3.63) is 11.9 Å². The Bertz CT molecular complexity index is 892. The van der Waals surface area contributed by atoms with Crippen molar-refractivity contribution < 1.29 is 13.2 Å². The number of aromatic nitrogens is 2. The number of carbonyl (C=O) groups is 1. The van der Waals surface area contributed by atoms with Gasteiger partial charge in [-0.15, -0.1) is 0 Å². The third-order valence-corrected chi connectivity index (χ3v) is 8.01. The van der Waals surface area contributed by atoms with Crippen LogP contribution in [-0.4, -0.2) is 86.2 Å². The molecule has 1 aromatic rings. The summed E-state index contributed by atoms with van der Waals surface area (Å²) in [5, 5.41) is 0. The van der Waals surface area contributed by atoms with Crippen molar-refractivity contribution >= 4 is 21.7 Å². The molecule has 0 bridgehead atoms. The van der Waals surface area contributed by atoms with Crippen molar-refractivity contribution in [3.8, 4) is 0 Å². The Kier molecular flexibility index (Phi) is 6.81. The summed E-state index contributed by atoms with van der Waals surface area (Å²) in [5.41, 5.74) is 0.636. The van der Waals surface area contributed by atoms with E-state index in [0.29, 0.717) is 37.2 Å². The number of amides is 1. The molecule has 172 valence electrons. The zero-order chi connectivity index (χ0) is 22.0. The molecule has 8 nitrogen and oxygen atoms in total. The zero-order valence-electron chi connectivity index (χ0n) is 18.8. The van der Waals surface area contributed by atoms with Crippen molar-refractivity contribution in [2.75, 3.05) is 57.0 Å². The molecular weight excluding hydrogens is 414 g/mol. The lowest BCUT2D eigenvalue weighted by atomic mass is 9.93. The average molecular weight is 450 g/mol. The van der Waals surface area contributed by atoms with Gasteiger partial charge in [0.15, 0.2) is 9.84 Å². The quantitative estimate of drug-likeness (QED) is 0.679. The molecule has 0 aliphatic carbocycles. The van der Waals surface area contributed by atoms with Crippen LogP contribution in [0.2, 0.25) is 0 Å². The molecule has 9 heteroatoms. The molecule has 3 aliphatic heterocycles. The van der Waals surface area contributed by atoms with Crippen LogP contribution in [0.1, 0.15) is 57.1 Å². The van der Waals surface area contributed by atoms with Crippen LogP contribution in [0.5, 0.6) is 0 Å². The Morgan fingerprint density at radius 3 is 2.42 bits per heavy atom. The van der Waals surface area contributed by atoms with Gasteiger partial charge in [-0.1, -0.05) is 6.92 Å². The Labute approximate surface area is 185 Å². The minimum absolute atomic E-state index is 0.0320. The van der Waals surface area contributed by atoms with Gasteiger partial charge >= 0.3 is 0 Å². The van der Waals surface area contributed by atoms with Crippen molar-refractivity contribution in [1.82, 2.24) is 19.8 Å². The Hall–Kier alpha value is -1.74. The highest BCUT2D eigenvalue weighted by atomic mass is 32.2. The Morgan fingerprint density at radius 2 is 1.77 bits per heavy atom. The van der Waals surface area contributed by atoms with E-state index in [9.17, 15) is 13.2 Å². The molecule has 0 aromatic carbocycles. The van der Waals surface area contributed by atoms with E-state index in [1.165, 1.54) is 31.7 Å². The lowest BCUT2D eigenvalue weighted by Gasteiger charge is -2.34. The minimum atomic E-state index is -3.42. The minimum Gasteiger partial charge on any atom is -0.342 e. The normalized spacial score (nSPS) is 24.0. The van der Waals surface area contributed by atoms with Gasteiger partial charge in [0.2, 0.25) is 11.9 Å². The Balaban J connectivity index is 1.48. The molecular formula is C22H35N5O3S. The molecule has 4 heterocycles. The lowest BCUT2D eigenvalue weighted by molar-refractivity contribution is -0.133. The molecule has 1 aromatic heterocycles. The van der Waals surface area contributed by atoms with E-state index in [0.717, 1.165) is 45.4 Å². The van der Waals surface area contributed by atoms with Gasteiger partial charge in [-0.25, -0.2) is 18.4 Å². The fraction of sp³-hybridized carbons (Fsp3) is 0.773. The van der Waals surface area contributed by atoms with Gasteiger partial charge in [0, 0.05) is 38.4 Å². The standard InChI is InChI=1S/C22H35N5O3S/c1-17-6-5-11-27(15-17)22-23-14-19(31(2,29)30)21(24-22)18-7-12-26(13-8-18)20(28)16-25-9-3-4-10-25/h14,17-18H,3-13,15-16H2,1-2H3/t17-/m0/s1. The van der Waals surface area contributed by atoms with Crippen molar-refractivity contribution in [3.63, 3.8) is 0 Å². The third-order valence-electron chi connectivity index (χ3n) is 6.90. The number of hydrogen-bond acceptors (Lipinski definition) is 7. The van der Waals surface area contributed by atoms with E-state index in [-0.39, 0.29) is 16.7 Å². The molecule has 4 rings (SSSR count). The van der Waals surface area contributed by atoms with Gasteiger partial charge in [0.05, 0.1) is 18.4 Å². The molecule has 3 aliphatic rings. The highest BCUT2D eigenvalue weighted by molar-refractivity contribution is 7.90. The number of rotatable bonds is 5. The molecule has 1 amide bonds. The summed E-state index contributed by atoms with van der Waals surface area (Å²) in [7, 11) is -3.42. The predicted molar refractivity (Wildman–Crippen MR) is 120 cm³/mol. The topological polar surface area (TPSA) is 86.7 Å². The summed E-state index contributed by atoms with van der Waals surface area (Å²) in [6.45, 7) is 7.88. The van der Waals surface area contributed by atoms with E-state index in [1.54, 1.807) is 0 Å². The molecule has 3 saturated heterocycles. The first-order chi connectivity index (χ1) is 14.8. The average Bonchev–Trinajstić information content (AvgIpc) is 3.26. The summed E-state index contributed by atoms with van der Waals surface area (Å²) < 4.78 is 24.9. The highest BCUT2D eigenvalue weighted by Gasteiger charge is 2.31. The molecule has 0 unspecified atom stereocenters. The van der Waals surface area contributed by atoms with Gasteiger partial charge in [0.1, 0.15) is 4.90 Å². The molecule has 0 N–H and O–H groups in total. The number of anilines is 1. The lowest BCUT2D eigenvalue weighted by Crippen LogP contribution is -2.43. The SMILES string of the molecule is C[C@H]1CCCN(c2ncc(S(C)(=O)=O)c(C3CCN(C(=O)CN4CCCC4)CC3)n2)C1. The predicted octanol–water partition coefficient (Wildman–Crippen LogP) is 1.92. The fourth-order valence-corrected chi connectivity index (χ4v) is 5.95. The summed E-state index contributed by atoms with van der Waals surface area (Å²) >= 11 is 0. The van der Waals surface area contributed by atoms with Crippen molar-refractivity contribution in [1.29, 1.82) is 0 Å². The number of sulfone groups is 1. The van der Waals surface area contributed by atoms with E-state index < -0.39 is 9.84 Å². The third kappa shape index (κ3) is 5.37. The molecule has 1 atom stereocenters. The van der Waals surface area contributed by atoms with Crippen molar-refractivity contribution in [2.45, 2.75) is 56.3 Å². The second-order valence-corrected chi connectivity index (χ2v) is 11.5. The molecule has 0 saturated carbocycles. The van der Waals surface area contributed by atoms with Crippen LogP contribution in [0.25, 0.3) is 0 Å². The summed E-state index contributed by atoms with van der Waals surface area (Å²) in [4.78, 5) is 28.5. The maximum atomic E-state index is 12.7. The number of likely N-dealkylation sites (tertiary alicyclic amines) is 2. The van der Waals surface area contributed by atoms with Crippen LogP contribution < -0.4 is 4.90 Å². The van der Waals surface area contributed by atoms with Gasteiger partial charge in [-0.05, 0) is 57.5 Å². The Morgan fingerprint density at radius 1 is 1.06 bits per heavy atom. The van der Waals surface area contributed by atoms with E-state index in [1.807, 2.05) is 4.90 Å². The smallest absolute Gasteiger partial charge is 0.236 e. The van der Waals surface area contributed by atoms with Crippen LogP contribution in [0.3, 0.4) is 0 Å². The zero-order valence-corrected chi connectivity index (χ0v) is 19.6. The number of carbonyl (C=O) groups excluding carboxylic acids is 1. The monoisotopic (exact) mass is 449 g/mol. The van der Waals surface area contributed by atoms with Crippen LogP contribution in [0.4, 0.5) is 5.95 Å². The first kappa shape index (κ1) is 22.5. The summed E-state index contributed by atoms with van der Waals surface area (Å²) in [6.07, 6.45) is 8.86. The van der Waals surface area contributed by atoms with E-state index >= 15 is 0 Å². The number of hydrogen-bond donors (Lipinski definition) is 0. The van der Waals surface area contributed by atoms with Crippen molar-refractivity contribution in [2.24, 2.45) is 5.92 Å². The van der Waals surface area contributed by atoms with Crippen LogP contribution in [-0.2, 0) is 14.6 Å². The largest absolute Gasteiger partial charge is 0.342 e. The molecule has 31 heavy (non-hydrogen) atoms. The molecule has 0 radical (unpaired) electrons. The molecule has 3 fully saturated rings. The summed E-state index contributed by atoms with van der Waals surface area (Å²) in [5.74, 6) is 1.45. The van der Waals surface area contributed by atoms with Gasteiger partial charge < -0.3 is 9.80 Å². The van der Waals surface area contributed by atoms with Gasteiger partial charge in [-0.3, -0.25) is 9.69 Å². The molecule has 0 spiro atoms. The fourth-order valence-electron chi connectivity index (χ4n) is 5.11. The maximum absolute atomic E-state index is 12.7. The maximum Gasteiger partial charge on any atom is 0.236 e. The van der Waals surface area contributed by atoms with Gasteiger partial charge in [-0.2, -0.15) is 0 Å². The van der Waals surface area contributed by atoms with E-state index in [2.05, 4.69) is 21.7 Å². The summed E-state index contributed by atoms with van der Waals surface area (Å²) in [6, 6.07) is 0. The van der Waals surface area contributed by atoms with Crippen LogP contribution in [0.15, 0.2) is 11.1 Å². The second kappa shape index (κ2) is 9.40. The highest BCUT2D eigenvalue weighted by Crippen LogP contribution is 2.32. The van der Waals surface area contributed by atoms with Gasteiger partial charge in [0.25, 0.3) is 0 Å². The van der Waals surface area contributed by atoms with E-state index in [4.69, 9.17) is 4.98 Å².